The Kier molecular flexibility index (Phi) is 4.06. The molecule has 2 atom stereocenters. The first-order valence-corrected chi connectivity index (χ1v) is 6.94. The van der Waals surface area contributed by atoms with Gasteiger partial charge >= 0.3 is 5.97 Å². The van der Waals surface area contributed by atoms with Crippen LogP contribution in [-0.4, -0.2) is 23.2 Å². The van der Waals surface area contributed by atoms with Crippen molar-refractivity contribution in [2.75, 3.05) is 5.33 Å². The van der Waals surface area contributed by atoms with E-state index in [9.17, 15) is 9.18 Å². The first-order valence-electron chi connectivity index (χ1n) is 5.81. The van der Waals surface area contributed by atoms with Crippen LogP contribution in [0.5, 0.6) is 0 Å². The number of hydrogen-bond donors (Lipinski definition) is 0. The Labute approximate surface area is 119 Å². The topological polar surface area (TPSA) is 35.5 Å². The number of alkyl halides is 1. The summed E-state index contributed by atoms with van der Waals surface area (Å²) in [6.07, 6.45) is -0.397. The second-order valence-corrected chi connectivity index (χ2v) is 5.19. The van der Waals surface area contributed by atoms with E-state index in [4.69, 9.17) is 9.47 Å². The first kappa shape index (κ1) is 14.2. The molecular formula is C14H14BrFO3. The molecule has 1 saturated heterocycles. The molecule has 0 bridgehead atoms. The summed E-state index contributed by atoms with van der Waals surface area (Å²) < 4.78 is 23.7. The Morgan fingerprint density at radius 3 is 2.58 bits per heavy atom. The molecule has 0 spiro atoms. The summed E-state index contributed by atoms with van der Waals surface area (Å²) in [5.74, 6) is -0.743. The van der Waals surface area contributed by atoms with E-state index in [0.717, 1.165) is 5.56 Å². The lowest BCUT2D eigenvalue weighted by molar-refractivity contribution is -0.143. The zero-order valence-corrected chi connectivity index (χ0v) is 12.1. The minimum absolute atomic E-state index is 0.306. The first-order chi connectivity index (χ1) is 8.97. The molecule has 0 saturated carbocycles. The van der Waals surface area contributed by atoms with E-state index in [0.29, 0.717) is 17.3 Å². The maximum absolute atomic E-state index is 12.9. The molecule has 0 amide bonds. The lowest BCUT2D eigenvalue weighted by Crippen LogP contribution is -2.41. The lowest BCUT2D eigenvalue weighted by atomic mass is 9.96. The summed E-state index contributed by atoms with van der Waals surface area (Å²) in [6, 6.07) is 5.97. The third-order valence-corrected chi connectivity index (χ3v) is 3.85. The number of rotatable bonds is 4. The van der Waals surface area contributed by atoms with Gasteiger partial charge in [-0.2, -0.15) is 0 Å². The Bertz CT molecular complexity index is 500. The van der Waals surface area contributed by atoms with Gasteiger partial charge < -0.3 is 9.47 Å². The van der Waals surface area contributed by atoms with E-state index in [1.165, 1.54) is 12.1 Å². The van der Waals surface area contributed by atoms with Crippen molar-refractivity contribution >= 4 is 21.9 Å². The van der Waals surface area contributed by atoms with Crippen LogP contribution in [0.25, 0.3) is 0 Å². The molecular weight excluding hydrogens is 315 g/mol. The van der Waals surface area contributed by atoms with Gasteiger partial charge in [0.25, 0.3) is 0 Å². The van der Waals surface area contributed by atoms with Gasteiger partial charge in [-0.1, -0.05) is 34.6 Å². The molecule has 19 heavy (non-hydrogen) atoms. The molecule has 0 aliphatic carbocycles. The standard InChI is InChI=1S/C14H14BrFO3/c1-9(2)12-18-13(17)14(8-15,19-12)7-10-3-5-11(16)6-4-10/h3-6,12H,1,7-8H2,2H3/t12-,14+/m1/s1. The summed E-state index contributed by atoms with van der Waals surface area (Å²) in [7, 11) is 0. The normalized spacial score (nSPS) is 26.3. The van der Waals surface area contributed by atoms with Gasteiger partial charge in [0.05, 0.1) is 0 Å². The molecule has 0 aromatic heterocycles. The Balaban J connectivity index is 2.21. The number of esters is 1. The highest BCUT2D eigenvalue weighted by Gasteiger charge is 2.50. The van der Waals surface area contributed by atoms with Crippen LogP contribution in [-0.2, 0) is 20.7 Å². The van der Waals surface area contributed by atoms with Crippen LogP contribution in [0.2, 0.25) is 0 Å². The number of benzene rings is 1. The molecule has 3 nitrogen and oxygen atoms in total. The van der Waals surface area contributed by atoms with E-state index in [1.807, 2.05) is 0 Å². The van der Waals surface area contributed by atoms with Crippen LogP contribution < -0.4 is 0 Å². The number of ether oxygens (including phenoxy) is 2. The average molecular weight is 329 g/mol. The van der Waals surface area contributed by atoms with Crippen LogP contribution in [0.1, 0.15) is 12.5 Å². The highest BCUT2D eigenvalue weighted by Crippen LogP contribution is 2.32. The quantitative estimate of drug-likeness (QED) is 0.484. The number of carbonyl (C=O) groups is 1. The third kappa shape index (κ3) is 2.87. The molecule has 1 fully saturated rings. The van der Waals surface area contributed by atoms with Gasteiger partial charge in [-0.3, -0.25) is 0 Å². The van der Waals surface area contributed by atoms with Crippen LogP contribution in [0, 0.1) is 5.82 Å². The predicted molar refractivity (Wildman–Crippen MR) is 72.4 cm³/mol. The second kappa shape index (κ2) is 5.43. The van der Waals surface area contributed by atoms with Gasteiger partial charge in [0, 0.05) is 11.8 Å². The van der Waals surface area contributed by atoms with Crippen molar-refractivity contribution in [3.8, 4) is 0 Å². The Morgan fingerprint density at radius 1 is 1.47 bits per heavy atom. The second-order valence-electron chi connectivity index (χ2n) is 4.63. The molecule has 0 radical (unpaired) electrons. The summed E-state index contributed by atoms with van der Waals surface area (Å²) >= 11 is 3.29. The minimum Gasteiger partial charge on any atom is -0.429 e. The number of cyclic esters (lactones) is 1. The summed E-state index contributed by atoms with van der Waals surface area (Å²) in [5, 5.41) is 0.306. The summed E-state index contributed by atoms with van der Waals surface area (Å²) in [5.41, 5.74) is 0.358. The maximum atomic E-state index is 12.9. The van der Waals surface area contributed by atoms with E-state index < -0.39 is 17.9 Å². The molecule has 0 N–H and O–H groups in total. The van der Waals surface area contributed by atoms with E-state index >= 15 is 0 Å². The molecule has 0 unspecified atom stereocenters. The summed E-state index contributed by atoms with van der Waals surface area (Å²) in [6.45, 7) is 5.46. The zero-order valence-electron chi connectivity index (χ0n) is 10.5. The monoisotopic (exact) mass is 328 g/mol. The van der Waals surface area contributed by atoms with Crippen molar-refractivity contribution < 1.29 is 18.7 Å². The van der Waals surface area contributed by atoms with Crippen molar-refractivity contribution in [2.24, 2.45) is 0 Å². The largest absolute Gasteiger partial charge is 0.429 e. The van der Waals surface area contributed by atoms with Crippen molar-refractivity contribution in [3.05, 3.63) is 47.8 Å². The molecule has 5 heteroatoms. The summed E-state index contributed by atoms with van der Waals surface area (Å²) in [4.78, 5) is 12.0. The molecule has 1 aliphatic rings. The average Bonchev–Trinajstić information content (AvgIpc) is 2.71. The molecule has 1 aromatic carbocycles. The zero-order chi connectivity index (χ0) is 14.0. The number of hydrogen-bond acceptors (Lipinski definition) is 3. The fraction of sp³-hybridized carbons (Fsp3) is 0.357. The Hall–Kier alpha value is -1.20. The lowest BCUT2D eigenvalue weighted by Gasteiger charge is -2.22. The van der Waals surface area contributed by atoms with E-state index in [-0.39, 0.29) is 5.82 Å². The third-order valence-electron chi connectivity index (χ3n) is 2.94. The van der Waals surface area contributed by atoms with Crippen LogP contribution >= 0.6 is 15.9 Å². The van der Waals surface area contributed by atoms with Gasteiger partial charge in [0.1, 0.15) is 5.82 Å². The van der Waals surface area contributed by atoms with Gasteiger partial charge in [0.15, 0.2) is 5.60 Å². The highest BCUT2D eigenvalue weighted by atomic mass is 79.9. The van der Waals surface area contributed by atoms with Crippen LogP contribution in [0.3, 0.4) is 0 Å². The maximum Gasteiger partial charge on any atom is 0.342 e. The molecule has 1 heterocycles. The van der Waals surface area contributed by atoms with Gasteiger partial charge in [0.2, 0.25) is 6.29 Å². The highest BCUT2D eigenvalue weighted by molar-refractivity contribution is 9.09. The molecule has 1 aromatic rings. The van der Waals surface area contributed by atoms with Crippen molar-refractivity contribution in [1.29, 1.82) is 0 Å². The predicted octanol–water partition coefficient (Wildman–Crippen LogP) is 2.98. The SMILES string of the molecule is C=C(C)[C@@H]1OC(=O)[C@@](CBr)(Cc2ccc(F)cc2)O1. The van der Waals surface area contributed by atoms with E-state index in [2.05, 4.69) is 22.5 Å². The minimum atomic E-state index is -1.08. The van der Waals surface area contributed by atoms with Crippen LogP contribution in [0.4, 0.5) is 4.39 Å². The van der Waals surface area contributed by atoms with Crippen molar-refractivity contribution in [2.45, 2.75) is 25.2 Å². The van der Waals surface area contributed by atoms with Crippen LogP contribution in [0.15, 0.2) is 36.4 Å². The molecule has 2 rings (SSSR count). The molecule has 1 aliphatic heterocycles. The van der Waals surface area contributed by atoms with Gasteiger partial charge in [-0.25, -0.2) is 9.18 Å². The number of halogens is 2. The van der Waals surface area contributed by atoms with Crippen molar-refractivity contribution in [1.82, 2.24) is 0 Å². The smallest absolute Gasteiger partial charge is 0.342 e. The fourth-order valence-corrected chi connectivity index (χ4v) is 2.42. The number of carbonyl (C=O) groups excluding carboxylic acids is 1. The fourth-order valence-electron chi connectivity index (χ4n) is 1.86. The molecule has 102 valence electrons. The van der Waals surface area contributed by atoms with Gasteiger partial charge in [-0.15, -0.1) is 0 Å². The Morgan fingerprint density at radius 2 is 2.11 bits per heavy atom. The van der Waals surface area contributed by atoms with E-state index in [1.54, 1.807) is 19.1 Å². The van der Waals surface area contributed by atoms with Gasteiger partial charge in [-0.05, 0) is 30.2 Å². The van der Waals surface area contributed by atoms with Crippen molar-refractivity contribution in [3.63, 3.8) is 0 Å².